The Morgan fingerprint density at radius 1 is 1.38 bits per heavy atom. The molecule has 7 heteroatoms. The summed E-state index contributed by atoms with van der Waals surface area (Å²) in [5.41, 5.74) is -0.796. The zero-order valence-corrected chi connectivity index (χ0v) is 13.2. The van der Waals surface area contributed by atoms with E-state index in [-0.39, 0.29) is 11.4 Å². The molecule has 6 nitrogen and oxygen atoms in total. The Balaban J connectivity index is 0.000000885. The Morgan fingerprint density at radius 3 is 2.33 bits per heavy atom. The minimum absolute atomic E-state index is 0.0254. The molecule has 0 saturated heterocycles. The fraction of sp³-hybridized carbons (Fsp3) is 0.500. The molecule has 0 aliphatic rings. The molecule has 0 aliphatic carbocycles. The third-order valence-corrected chi connectivity index (χ3v) is 1.63. The van der Waals surface area contributed by atoms with Gasteiger partial charge in [0.15, 0.2) is 12.1 Å². The fourth-order valence-corrected chi connectivity index (χ4v) is 1.03. The van der Waals surface area contributed by atoms with E-state index in [0.717, 1.165) is 12.3 Å². The molecule has 0 saturated carbocycles. The van der Waals surface area contributed by atoms with E-state index in [0.29, 0.717) is 6.29 Å². The van der Waals surface area contributed by atoms with Crippen LogP contribution in [0.15, 0.2) is 12.3 Å². The maximum atomic E-state index is 13.3. The lowest BCUT2D eigenvalue weighted by atomic mass is 10.2. The first kappa shape index (κ1) is 19.0. The lowest BCUT2D eigenvalue weighted by Crippen LogP contribution is -2.27. The number of carbonyl (C=O) groups is 2. The number of rotatable bonds is 2. The smallest absolute Gasteiger partial charge is 0.412 e. The summed E-state index contributed by atoms with van der Waals surface area (Å²) in [4.78, 5) is 27.3. The van der Waals surface area contributed by atoms with Gasteiger partial charge in [0.05, 0.1) is 11.9 Å². The van der Waals surface area contributed by atoms with Crippen LogP contribution in [0.2, 0.25) is 0 Å². The number of nitrogens with one attached hydrogen (secondary N) is 1. The fourth-order valence-electron chi connectivity index (χ4n) is 1.03. The number of pyridine rings is 1. The monoisotopic (exact) mass is 299 g/mol. The lowest BCUT2D eigenvalue weighted by Gasteiger charge is -2.19. The van der Waals surface area contributed by atoms with Gasteiger partial charge in [-0.1, -0.05) is 0 Å². The summed E-state index contributed by atoms with van der Waals surface area (Å²) in [5, 5.41) is 2.21. The standard InChI is InChI=1S/C11H13FN2O3.C3H9N/c1-11(2,3)17-10(16)14-9-4-7(6-15)13-5-8(9)12;1-4(2)3/h4-6H,1-3H3,(H,13,14,16);1-3H3. The third kappa shape index (κ3) is 9.50. The van der Waals surface area contributed by atoms with E-state index in [1.165, 1.54) is 0 Å². The Kier molecular flexibility index (Phi) is 7.51. The summed E-state index contributed by atoms with van der Waals surface area (Å²) in [6.07, 6.45) is 0.523. The number of aldehydes is 1. The molecule has 1 aromatic rings. The highest BCUT2D eigenvalue weighted by molar-refractivity contribution is 5.86. The van der Waals surface area contributed by atoms with Crippen molar-refractivity contribution in [2.24, 2.45) is 0 Å². The normalized spacial score (nSPS) is 10.5. The van der Waals surface area contributed by atoms with Gasteiger partial charge in [-0.3, -0.25) is 15.1 Å². The Labute approximate surface area is 124 Å². The van der Waals surface area contributed by atoms with Gasteiger partial charge in [0.1, 0.15) is 11.3 Å². The molecule has 0 unspecified atom stereocenters. The summed E-state index contributed by atoms with van der Waals surface area (Å²) in [6.45, 7) is 5.06. The Hall–Kier alpha value is -2.02. The van der Waals surface area contributed by atoms with Crippen molar-refractivity contribution in [1.29, 1.82) is 0 Å². The van der Waals surface area contributed by atoms with Gasteiger partial charge < -0.3 is 9.64 Å². The van der Waals surface area contributed by atoms with Crippen molar-refractivity contribution in [2.75, 3.05) is 26.5 Å². The molecule has 1 heterocycles. The van der Waals surface area contributed by atoms with Gasteiger partial charge in [0.2, 0.25) is 0 Å². The van der Waals surface area contributed by atoms with Crippen LogP contribution < -0.4 is 5.32 Å². The first-order valence-corrected chi connectivity index (χ1v) is 6.27. The molecule has 118 valence electrons. The second kappa shape index (κ2) is 8.31. The SMILES string of the molecule is CC(C)(C)OC(=O)Nc1cc(C=O)ncc1F.CN(C)C. The highest BCUT2D eigenvalue weighted by Crippen LogP contribution is 2.15. The number of anilines is 1. The summed E-state index contributed by atoms with van der Waals surface area (Å²) < 4.78 is 18.2. The van der Waals surface area contributed by atoms with E-state index in [4.69, 9.17) is 4.74 Å². The molecular weight excluding hydrogens is 277 g/mol. The molecule has 1 amide bonds. The first-order chi connectivity index (χ1) is 9.55. The van der Waals surface area contributed by atoms with Crippen molar-refractivity contribution in [2.45, 2.75) is 26.4 Å². The minimum atomic E-state index is -0.792. The quantitative estimate of drug-likeness (QED) is 0.850. The summed E-state index contributed by atoms with van der Waals surface area (Å²) in [7, 11) is 6.00. The topological polar surface area (TPSA) is 71.5 Å². The number of carbonyl (C=O) groups excluding carboxylic acids is 2. The van der Waals surface area contributed by atoms with E-state index >= 15 is 0 Å². The van der Waals surface area contributed by atoms with E-state index in [2.05, 4.69) is 10.3 Å². The number of aromatic nitrogens is 1. The van der Waals surface area contributed by atoms with Gasteiger partial charge in [0.25, 0.3) is 0 Å². The lowest BCUT2D eigenvalue weighted by molar-refractivity contribution is 0.0635. The maximum absolute atomic E-state index is 13.3. The van der Waals surface area contributed by atoms with Crippen LogP contribution in [0.4, 0.5) is 14.9 Å². The molecule has 0 atom stereocenters. The van der Waals surface area contributed by atoms with Crippen molar-refractivity contribution in [3.8, 4) is 0 Å². The van der Waals surface area contributed by atoms with E-state index < -0.39 is 17.5 Å². The zero-order valence-electron chi connectivity index (χ0n) is 13.2. The number of hydrogen-bond acceptors (Lipinski definition) is 5. The number of amides is 1. The van der Waals surface area contributed by atoms with Gasteiger partial charge in [-0.15, -0.1) is 0 Å². The molecular formula is C14H22FN3O3. The third-order valence-electron chi connectivity index (χ3n) is 1.63. The molecule has 0 fully saturated rings. The predicted octanol–water partition coefficient (Wildman–Crippen LogP) is 2.56. The molecule has 0 radical (unpaired) electrons. The van der Waals surface area contributed by atoms with Crippen LogP contribution in [-0.4, -0.2) is 49.0 Å². The van der Waals surface area contributed by atoms with Gasteiger partial charge >= 0.3 is 6.09 Å². The molecule has 1 aromatic heterocycles. The molecule has 0 bridgehead atoms. The number of hydrogen-bond donors (Lipinski definition) is 1. The summed E-state index contributed by atoms with van der Waals surface area (Å²) >= 11 is 0. The Bertz CT molecular complexity index is 482. The van der Waals surface area contributed by atoms with Crippen molar-refractivity contribution in [1.82, 2.24) is 9.88 Å². The van der Waals surface area contributed by atoms with Crippen molar-refractivity contribution >= 4 is 18.1 Å². The maximum Gasteiger partial charge on any atom is 0.412 e. The van der Waals surface area contributed by atoms with Crippen molar-refractivity contribution < 1.29 is 18.7 Å². The predicted molar refractivity (Wildman–Crippen MR) is 79.1 cm³/mol. The van der Waals surface area contributed by atoms with Crippen LogP contribution in [0.3, 0.4) is 0 Å². The largest absolute Gasteiger partial charge is 0.444 e. The first-order valence-electron chi connectivity index (χ1n) is 6.27. The van der Waals surface area contributed by atoms with E-state index in [1.807, 2.05) is 26.0 Å². The number of ether oxygens (including phenoxy) is 1. The van der Waals surface area contributed by atoms with Crippen LogP contribution >= 0.6 is 0 Å². The zero-order chi connectivity index (χ0) is 16.6. The summed E-state index contributed by atoms with van der Waals surface area (Å²) in [5.74, 6) is -0.735. The van der Waals surface area contributed by atoms with Crippen molar-refractivity contribution in [3.05, 3.63) is 23.8 Å². The average Bonchev–Trinajstić information content (AvgIpc) is 2.28. The van der Waals surface area contributed by atoms with Crippen LogP contribution in [0, 0.1) is 5.82 Å². The van der Waals surface area contributed by atoms with Crippen LogP contribution in [0.5, 0.6) is 0 Å². The molecule has 0 spiro atoms. The van der Waals surface area contributed by atoms with Gasteiger partial charge in [-0.2, -0.15) is 0 Å². The summed E-state index contributed by atoms with van der Waals surface area (Å²) in [6, 6.07) is 1.13. The number of nitrogens with zero attached hydrogens (tertiary/aromatic N) is 2. The minimum Gasteiger partial charge on any atom is -0.444 e. The highest BCUT2D eigenvalue weighted by Gasteiger charge is 2.17. The second-order valence-electron chi connectivity index (χ2n) is 5.68. The van der Waals surface area contributed by atoms with Crippen molar-refractivity contribution in [3.63, 3.8) is 0 Å². The molecule has 1 N–H and O–H groups in total. The molecule has 21 heavy (non-hydrogen) atoms. The van der Waals surface area contributed by atoms with Crippen LogP contribution in [0.25, 0.3) is 0 Å². The molecule has 0 aliphatic heterocycles. The molecule has 0 aromatic carbocycles. The Morgan fingerprint density at radius 2 is 1.90 bits per heavy atom. The highest BCUT2D eigenvalue weighted by atomic mass is 19.1. The average molecular weight is 299 g/mol. The number of halogens is 1. The molecule has 1 rings (SSSR count). The van der Waals surface area contributed by atoms with E-state index in [1.54, 1.807) is 20.8 Å². The van der Waals surface area contributed by atoms with Gasteiger partial charge in [-0.05, 0) is 48.0 Å². The van der Waals surface area contributed by atoms with Crippen LogP contribution in [0.1, 0.15) is 31.3 Å². The van der Waals surface area contributed by atoms with Gasteiger partial charge in [0, 0.05) is 0 Å². The second-order valence-corrected chi connectivity index (χ2v) is 5.68. The van der Waals surface area contributed by atoms with E-state index in [9.17, 15) is 14.0 Å². The van der Waals surface area contributed by atoms with Gasteiger partial charge in [-0.25, -0.2) is 9.18 Å². The van der Waals surface area contributed by atoms with Crippen LogP contribution in [-0.2, 0) is 4.74 Å².